The molecule has 12 heavy (non-hydrogen) atoms. The summed E-state index contributed by atoms with van der Waals surface area (Å²) in [5.74, 6) is 0. The zero-order chi connectivity index (χ0) is 6.81. The van der Waals surface area contributed by atoms with Gasteiger partial charge >= 0.3 is 0 Å². The third-order valence-electron chi connectivity index (χ3n) is 1.85. The molecule has 0 bridgehead atoms. The van der Waals surface area contributed by atoms with E-state index < -0.39 is 0 Å². The zero-order valence-electron chi connectivity index (χ0n) is 6.51. The Bertz CT molecular complexity index is 195. The molecular weight excluding hydrogens is 199 g/mol. The Labute approximate surface area is 83.5 Å². The van der Waals surface area contributed by atoms with Crippen LogP contribution in [0.5, 0.6) is 0 Å². The SMILES string of the molecule is Cl.Cl.c1cn(C2CCNC2)nn1. The average Bonchev–Trinajstić information content (AvgIpc) is 2.59. The van der Waals surface area contributed by atoms with E-state index in [4.69, 9.17) is 0 Å². The molecule has 0 amide bonds. The standard InChI is InChI=1S/C6H10N4.2ClH/c1-2-7-5-6(1)10-4-3-8-9-10;;/h3-4,6-7H,1-2,5H2;2*1H. The fraction of sp³-hybridized carbons (Fsp3) is 0.667. The van der Waals surface area contributed by atoms with Crippen molar-refractivity contribution in [3.8, 4) is 0 Å². The van der Waals surface area contributed by atoms with Gasteiger partial charge in [-0.15, -0.1) is 29.9 Å². The summed E-state index contributed by atoms with van der Waals surface area (Å²) in [6.45, 7) is 2.13. The van der Waals surface area contributed by atoms with E-state index >= 15 is 0 Å². The van der Waals surface area contributed by atoms with Gasteiger partial charge in [-0.3, -0.25) is 0 Å². The Hall–Kier alpha value is -0.320. The van der Waals surface area contributed by atoms with Crippen LogP contribution in [0.2, 0.25) is 0 Å². The molecule has 6 heteroatoms. The number of nitrogens with zero attached hydrogens (tertiary/aromatic N) is 3. The molecule has 0 radical (unpaired) electrons. The first kappa shape index (κ1) is 11.7. The molecule has 0 spiro atoms. The zero-order valence-corrected chi connectivity index (χ0v) is 8.14. The van der Waals surface area contributed by atoms with E-state index in [0.717, 1.165) is 13.1 Å². The molecular formula is C6H12Cl2N4. The first-order chi connectivity index (χ1) is 4.97. The van der Waals surface area contributed by atoms with Crippen molar-refractivity contribution in [3.05, 3.63) is 12.4 Å². The molecule has 2 heterocycles. The van der Waals surface area contributed by atoms with Crippen LogP contribution in [0.15, 0.2) is 12.4 Å². The number of aromatic nitrogens is 3. The quantitative estimate of drug-likeness (QED) is 0.741. The van der Waals surface area contributed by atoms with E-state index in [1.165, 1.54) is 6.42 Å². The second kappa shape index (κ2) is 5.35. The Morgan fingerprint density at radius 3 is 2.75 bits per heavy atom. The Kier molecular flexibility index (Phi) is 5.20. The largest absolute Gasteiger partial charge is 0.315 e. The second-order valence-electron chi connectivity index (χ2n) is 2.53. The highest BCUT2D eigenvalue weighted by atomic mass is 35.5. The second-order valence-corrected chi connectivity index (χ2v) is 2.53. The highest BCUT2D eigenvalue weighted by molar-refractivity contribution is 5.85. The highest BCUT2D eigenvalue weighted by Gasteiger charge is 2.15. The summed E-state index contributed by atoms with van der Waals surface area (Å²) in [5, 5.41) is 10.9. The molecule has 1 unspecified atom stereocenters. The number of nitrogens with one attached hydrogen (secondary N) is 1. The van der Waals surface area contributed by atoms with Gasteiger partial charge in [0.25, 0.3) is 0 Å². The maximum absolute atomic E-state index is 3.92. The molecule has 1 saturated heterocycles. The Morgan fingerprint density at radius 2 is 2.25 bits per heavy atom. The minimum absolute atomic E-state index is 0. The predicted octanol–water partition coefficient (Wildman–Crippen LogP) is 0.656. The lowest BCUT2D eigenvalue weighted by Crippen LogP contribution is -2.13. The summed E-state index contributed by atoms with van der Waals surface area (Å²) in [5.41, 5.74) is 0. The van der Waals surface area contributed by atoms with Crippen LogP contribution in [0.1, 0.15) is 12.5 Å². The first-order valence-corrected chi connectivity index (χ1v) is 3.53. The van der Waals surface area contributed by atoms with Gasteiger partial charge in [-0.1, -0.05) is 5.21 Å². The predicted molar refractivity (Wildman–Crippen MR) is 51.0 cm³/mol. The minimum atomic E-state index is 0. The third-order valence-corrected chi connectivity index (χ3v) is 1.85. The molecule has 2 rings (SSSR count). The highest BCUT2D eigenvalue weighted by Crippen LogP contribution is 2.11. The third kappa shape index (κ3) is 2.33. The van der Waals surface area contributed by atoms with Crippen LogP contribution in [0.4, 0.5) is 0 Å². The molecule has 1 aromatic rings. The van der Waals surface area contributed by atoms with Gasteiger partial charge in [-0.05, 0) is 13.0 Å². The molecule has 4 nitrogen and oxygen atoms in total. The van der Waals surface area contributed by atoms with Crippen molar-refractivity contribution in [2.45, 2.75) is 12.5 Å². The lowest BCUT2D eigenvalue weighted by molar-refractivity contribution is 0.476. The number of rotatable bonds is 1. The molecule has 0 aromatic carbocycles. The van der Waals surface area contributed by atoms with Crippen LogP contribution in [-0.4, -0.2) is 28.1 Å². The molecule has 1 aliphatic rings. The summed E-state index contributed by atoms with van der Waals surface area (Å²) in [4.78, 5) is 0. The monoisotopic (exact) mass is 210 g/mol. The molecule has 1 aromatic heterocycles. The van der Waals surface area contributed by atoms with Gasteiger partial charge in [-0.25, -0.2) is 4.68 Å². The van der Waals surface area contributed by atoms with Crippen molar-refractivity contribution < 1.29 is 0 Å². The topological polar surface area (TPSA) is 42.7 Å². The lowest BCUT2D eigenvalue weighted by Gasteiger charge is -2.05. The van der Waals surface area contributed by atoms with Crippen LogP contribution in [0.3, 0.4) is 0 Å². The van der Waals surface area contributed by atoms with Gasteiger partial charge < -0.3 is 5.32 Å². The molecule has 0 aliphatic carbocycles. The average molecular weight is 211 g/mol. The Morgan fingerprint density at radius 1 is 1.42 bits per heavy atom. The molecule has 1 atom stereocenters. The fourth-order valence-electron chi connectivity index (χ4n) is 1.28. The van der Waals surface area contributed by atoms with Crippen molar-refractivity contribution >= 4 is 24.8 Å². The maximum atomic E-state index is 3.92. The molecule has 70 valence electrons. The van der Waals surface area contributed by atoms with E-state index in [-0.39, 0.29) is 24.8 Å². The lowest BCUT2D eigenvalue weighted by atomic mass is 10.3. The number of halogens is 2. The van der Waals surface area contributed by atoms with E-state index in [2.05, 4.69) is 15.6 Å². The van der Waals surface area contributed by atoms with Crippen molar-refractivity contribution in [1.82, 2.24) is 20.3 Å². The van der Waals surface area contributed by atoms with Gasteiger partial charge in [0.1, 0.15) is 0 Å². The van der Waals surface area contributed by atoms with Crippen LogP contribution in [0, 0.1) is 0 Å². The number of hydrogen-bond donors (Lipinski definition) is 1. The molecule has 1 N–H and O–H groups in total. The van der Waals surface area contributed by atoms with Crippen LogP contribution in [0.25, 0.3) is 0 Å². The molecule has 1 fully saturated rings. The summed E-state index contributed by atoms with van der Waals surface area (Å²) in [6.07, 6.45) is 4.80. The van der Waals surface area contributed by atoms with Crippen molar-refractivity contribution in [1.29, 1.82) is 0 Å². The van der Waals surface area contributed by atoms with Crippen LogP contribution < -0.4 is 5.32 Å². The Balaban J connectivity index is 0.000000605. The fourth-order valence-corrected chi connectivity index (χ4v) is 1.28. The summed E-state index contributed by atoms with van der Waals surface area (Å²) in [6, 6.07) is 0.530. The van der Waals surface area contributed by atoms with Crippen molar-refractivity contribution in [3.63, 3.8) is 0 Å². The van der Waals surface area contributed by atoms with Gasteiger partial charge in [0.2, 0.25) is 0 Å². The number of hydrogen-bond acceptors (Lipinski definition) is 3. The molecule has 0 saturated carbocycles. The van der Waals surface area contributed by atoms with E-state index in [1.54, 1.807) is 6.20 Å². The normalized spacial score (nSPS) is 21.2. The van der Waals surface area contributed by atoms with Gasteiger partial charge in [0.15, 0.2) is 0 Å². The van der Waals surface area contributed by atoms with E-state index in [1.807, 2.05) is 10.9 Å². The minimum Gasteiger partial charge on any atom is -0.315 e. The van der Waals surface area contributed by atoms with Crippen molar-refractivity contribution in [2.75, 3.05) is 13.1 Å². The van der Waals surface area contributed by atoms with Crippen molar-refractivity contribution in [2.24, 2.45) is 0 Å². The van der Waals surface area contributed by atoms with Gasteiger partial charge in [-0.2, -0.15) is 0 Å². The summed E-state index contributed by atoms with van der Waals surface area (Å²) >= 11 is 0. The maximum Gasteiger partial charge on any atom is 0.0693 e. The van der Waals surface area contributed by atoms with Crippen LogP contribution in [-0.2, 0) is 0 Å². The van der Waals surface area contributed by atoms with E-state index in [0.29, 0.717) is 6.04 Å². The van der Waals surface area contributed by atoms with E-state index in [9.17, 15) is 0 Å². The first-order valence-electron chi connectivity index (χ1n) is 3.53. The summed E-state index contributed by atoms with van der Waals surface area (Å²) < 4.78 is 1.92. The van der Waals surface area contributed by atoms with Gasteiger partial charge in [0, 0.05) is 12.7 Å². The summed E-state index contributed by atoms with van der Waals surface area (Å²) in [7, 11) is 0. The smallest absolute Gasteiger partial charge is 0.0693 e. The van der Waals surface area contributed by atoms with Crippen LogP contribution >= 0.6 is 24.8 Å². The van der Waals surface area contributed by atoms with Gasteiger partial charge in [0.05, 0.1) is 12.2 Å². The molecule has 1 aliphatic heterocycles.